The Labute approximate surface area is 193 Å². The maximum Gasteiger partial charge on any atom is 0.260 e. The minimum atomic E-state index is -0.140. The van der Waals surface area contributed by atoms with Crippen LogP contribution in [0.2, 0.25) is 0 Å². The van der Waals surface area contributed by atoms with Crippen LogP contribution in [0.25, 0.3) is 10.2 Å². The molecule has 7 nitrogen and oxygen atoms in total. The normalized spacial score (nSPS) is 11.1. The van der Waals surface area contributed by atoms with E-state index in [0.29, 0.717) is 35.3 Å². The fourth-order valence-electron chi connectivity index (χ4n) is 3.42. The molecule has 3 rings (SSSR count). The molecule has 32 heavy (non-hydrogen) atoms. The number of likely N-dealkylation sites (N-methyl/N-ethyl adjacent to an activating group) is 1. The Morgan fingerprint density at radius 2 is 1.62 bits per heavy atom. The number of amides is 1. The van der Waals surface area contributed by atoms with E-state index in [9.17, 15) is 4.79 Å². The van der Waals surface area contributed by atoms with Crippen LogP contribution in [0.15, 0.2) is 36.4 Å². The number of anilines is 1. The van der Waals surface area contributed by atoms with Gasteiger partial charge in [0.15, 0.2) is 5.13 Å². The van der Waals surface area contributed by atoms with Gasteiger partial charge in [0.05, 0.1) is 31.0 Å². The second-order valence-electron chi connectivity index (χ2n) is 7.14. The Balaban J connectivity index is 2.00. The highest BCUT2D eigenvalue weighted by atomic mass is 32.1. The van der Waals surface area contributed by atoms with E-state index < -0.39 is 0 Å². The van der Waals surface area contributed by atoms with E-state index in [1.54, 1.807) is 37.3 Å². The lowest BCUT2D eigenvalue weighted by Crippen LogP contribution is -2.38. The summed E-state index contributed by atoms with van der Waals surface area (Å²) < 4.78 is 17.3. The fourth-order valence-corrected chi connectivity index (χ4v) is 4.44. The highest BCUT2D eigenvalue weighted by Gasteiger charge is 2.23. The van der Waals surface area contributed by atoms with Gasteiger partial charge in [0.25, 0.3) is 5.91 Å². The molecule has 0 fully saturated rings. The van der Waals surface area contributed by atoms with Crippen LogP contribution < -0.4 is 19.1 Å². The van der Waals surface area contributed by atoms with E-state index >= 15 is 0 Å². The summed E-state index contributed by atoms with van der Waals surface area (Å²) in [6, 6.07) is 11.0. The number of fused-ring (bicyclic) bond motifs is 1. The third-order valence-electron chi connectivity index (χ3n) is 5.27. The highest BCUT2D eigenvalue weighted by molar-refractivity contribution is 7.22. The number of ether oxygens (including phenoxy) is 3. The number of hydrogen-bond acceptors (Lipinski definition) is 7. The van der Waals surface area contributed by atoms with E-state index in [2.05, 4.69) is 18.7 Å². The first-order valence-corrected chi connectivity index (χ1v) is 11.6. The Bertz CT molecular complexity index is 1030. The summed E-state index contributed by atoms with van der Waals surface area (Å²) in [5.74, 6) is 1.80. The average Bonchev–Trinajstić information content (AvgIpc) is 3.24. The van der Waals surface area contributed by atoms with Gasteiger partial charge in [-0.1, -0.05) is 25.2 Å². The van der Waals surface area contributed by atoms with Gasteiger partial charge in [-0.05, 0) is 50.3 Å². The van der Waals surface area contributed by atoms with Crippen molar-refractivity contribution in [2.24, 2.45) is 0 Å². The predicted octanol–water partition coefficient (Wildman–Crippen LogP) is 4.70. The Morgan fingerprint density at radius 1 is 0.938 bits per heavy atom. The molecule has 3 aromatic rings. The molecule has 0 aliphatic carbocycles. The van der Waals surface area contributed by atoms with Crippen molar-refractivity contribution in [3.05, 3.63) is 42.0 Å². The van der Waals surface area contributed by atoms with E-state index in [4.69, 9.17) is 19.2 Å². The number of carbonyl (C=O) groups is 1. The zero-order valence-corrected chi connectivity index (χ0v) is 20.2. The van der Waals surface area contributed by atoms with Crippen molar-refractivity contribution in [3.63, 3.8) is 0 Å². The van der Waals surface area contributed by atoms with Crippen molar-refractivity contribution in [3.8, 4) is 17.2 Å². The van der Waals surface area contributed by atoms with E-state index in [0.717, 1.165) is 35.6 Å². The smallest absolute Gasteiger partial charge is 0.260 e. The highest BCUT2D eigenvalue weighted by Crippen LogP contribution is 2.33. The van der Waals surface area contributed by atoms with Gasteiger partial charge in [-0.2, -0.15) is 0 Å². The summed E-state index contributed by atoms with van der Waals surface area (Å²) in [5, 5.41) is 0.660. The maximum absolute atomic E-state index is 13.7. The van der Waals surface area contributed by atoms with Gasteiger partial charge in [-0.15, -0.1) is 0 Å². The van der Waals surface area contributed by atoms with Crippen LogP contribution >= 0.6 is 11.3 Å². The summed E-state index contributed by atoms with van der Waals surface area (Å²) >= 11 is 1.49. The number of nitrogens with zero attached hydrogens (tertiary/aromatic N) is 3. The molecule has 1 heterocycles. The third kappa shape index (κ3) is 5.49. The lowest BCUT2D eigenvalue weighted by Gasteiger charge is -2.25. The molecule has 2 aromatic carbocycles. The van der Waals surface area contributed by atoms with Gasteiger partial charge in [0.1, 0.15) is 17.2 Å². The molecule has 172 valence electrons. The lowest BCUT2D eigenvalue weighted by molar-refractivity contribution is 0.0983. The first kappa shape index (κ1) is 23.8. The molecule has 0 spiro atoms. The van der Waals surface area contributed by atoms with Crippen LogP contribution in [0.4, 0.5) is 5.13 Å². The Kier molecular flexibility index (Phi) is 8.30. The van der Waals surface area contributed by atoms with Crippen molar-refractivity contribution >= 4 is 32.6 Å². The summed E-state index contributed by atoms with van der Waals surface area (Å²) in [6.07, 6.45) is 0. The molecule has 8 heteroatoms. The number of methoxy groups -OCH3 is 2. The van der Waals surface area contributed by atoms with Crippen LogP contribution in [0.5, 0.6) is 17.2 Å². The minimum absolute atomic E-state index is 0.140. The molecule has 0 N–H and O–H groups in total. The molecular weight excluding hydrogens is 426 g/mol. The van der Waals surface area contributed by atoms with Crippen molar-refractivity contribution in [2.75, 3.05) is 51.9 Å². The topological polar surface area (TPSA) is 64.1 Å². The van der Waals surface area contributed by atoms with Gasteiger partial charge in [-0.3, -0.25) is 9.69 Å². The monoisotopic (exact) mass is 457 g/mol. The number of hydrogen-bond donors (Lipinski definition) is 0. The SMILES string of the molecule is CCOc1ccc2nc(N(CCN(CC)CC)C(=O)c3cc(OC)cc(OC)c3)sc2c1. The third-order valence-corrected chi connectivity index (χ3v) is 6.31. The quantitative estimate of drug-likeness (QED) is 0.416. The van der Waals surface area contributed by atoms with Crippen molar-refractivity contribution in [2.45, 2.75) is 20.8 Å². The van der Waals surface area contributed by atoms with Crippen LogP contribution in [0.3, 0.4) is 0 Å². The first-order chi connectivity index (χ1) is 15.5. The molecule has 0 saturated carbocycles. The van der Waals surface area contributed by atoms with Gasteiger partial charge in [0.2, 0.25) is 0 Å². The zero-order chi connectivity index (χ0) is 23.1. The predicted molar refractivity (Wildman–Crippen MR) is 130 cm³/mol. The Morgan fingerprint density at radius 3 is 2.22 bits per heavy atom. The van der Waals surface area contributed by atoms with Gasteiger partial charge in [-0.25, -0.2) is 4.98 Å². The largest absolute Gasteiger partial charge is 0.497 e. The molecule has 0 aliphatic heterocycles. The van der Waals surface area contributed by atoms with Crippen LogP contribution in [-0.2, 0) is 0 Å². The van der Waals surface area contributed by atoms with Gasteiger partial charge < -0.3 is 19.1 Å². The summed E-state index contributed by atoms with van der Waals surface area (Å²) in [7, 11) is 3.15. The molecule has 1 aromatic heterocycles. The van der Waals surface area contributed by atoms with Gasteiger partial charge in [0, 0.05) is 24.7 Å². The molecule has 0 bridgehead atoms. The molecule has 0 radical (unpaired) electrons. The molecule has 0 unspecified atom stereocenters. The fraction of sp³-hybridized carbons (Fsp3) is 0.417. The lowest BCUT2D eigenvalue weighted by atomic mass is 10.1. The van der Waals surface area contributed by atoms with Gasteiger partial charge >= 0.3 is 0 Å². The molecule has 0 atom stereocenters. The second kappa shape index (κ2) is 11.2. The maximum atomic E-state index is 13.7. The van der Waals surface area contributed by atoms with E-state index in [-0.39, 0.29) is 5.91 Å². The van der Waals surface area contributed by atoms with Crippen molar-refractivity contribution in [1.29, 1.82) is 0 Å². The standard InChI is InChI=1S/C24H31N3O4S/c1-6-26(7-2)11-12-27(23(28)17-13-19(29-4)15-20(14-17)30-5)24-25-21-10-9-18(31-8-3)16-22(21)32-24/h9-10,13-16H,6-8,11-12H2,1-5H3. The number of aromatic nitrogens is 1. The summed E-state index contributed by atoms with van der Waals surface area (Å²) in [4.78, 5) is 22.5. The second-order valence-corrected chi connectivity index (χ2v) is 8.15. The van der Waals surface area contributed by atoms with Crippen LogP contribution in [0.1, 0.15) is 31.1 Å². The van der Waals surface area contributed by atoms with E-state index in [1.165, 1.54) is 11.3 Å². The summed E-state index contributed by atoms with van der Waals surface area (Å²) in [6.45, 7) is 9.91. The Hall–Kier alpha value is -2.84. The van der Waals surface area contributed by atoms with E-state index in [1.807, 2.05) is 25.1 Å². The number of carbonyl (C=O) groups excluding carboxylic acids is 1. The molecular formula is C24H31N3O4S. The average molecular weight is 458 g/mol. The minimum Gasteiger partial charge on any atom is -0.497 e. The number of rotatable bonds is 11. The first-order valence-electron chi connectivity index (χ1n) is 10.8. The van der Waals surface area contributed by atoms with Crippen LogP contribution in [0, 0.1) is 0 Å². The molecule has 1 amide bonds. The number of benzene rings is 2. The van der Waals surface area contributed by atoms with Crippen molar-refractivity contribution < 1.29 is 19.0 Å². The number of thiazole rings is 1. The summed E-state index contributed by atoms with van der Waals surface area (Å²) in [5.41, 5.74) is 1.34. The zero-order valence-electron chi connectivity index (χ0n) is 19.4. The van der Waals surface area contributed by atoms with Crippen molar-refractivity contribution in [1.82, 2.24) is 9.88 Å². The molecule has 0 aliphatic rings. The van der Waals surface area contributed by atoms with Crippen LogP contribution in [-0.4, -0.2) is 62.8 Å². The molecule has 0 saturated heterocycles.